The van der Waals surface area contributed by atoms with Crippen molar-refractivity contribution in [2.45, 2.75) is 26.2 Å². The lowest BCUT2D eigenvalue weighted by atomic mass is 9.87. The Morgan fingerprint density at radius 1 is 1.04 bits per heavy atom. The summed E-state index contributed by atoms with van der Waals surface area (Å²) in [5.74, 6) is -1.90. The second-order valence-electron chi connectivity index (χ2n) is 7.56. The predicted octanol–water partition coefficient (Wildman–Crippen LogP) is 3.13. The standard InChI is InChI=1S/C20H19N3O5/c1-20(2,3)12-4-6-13(7-5-12)21-17(24)11-22-18(25)15-9-8-14(23(27)28)10-16(15)19(22)26/h4-10H,11H2,1-3H3,(H,21,24). The van der Waals surface area contributed by atoms with Crippen LogP contribution in [0.1, 0.15) is 47.1 Å². The summed E-state index contributed by atoms with van der Waals surface area (Å²) in [5.41, 5.74) is 1.33. The zero-order valence-electron chi connectivity index (χ0n) is 15.7. The van der Waals surface area contributed by atoms with Crippen molar-refractivity contribution in [1.82, 2.24) is 4.90 Å². The molecule has 0 bridgehead atoms. The maximum Gasteiger partial charge on any atom is 0.270 e. The summed E-state index contributed by atoms with van der Waals surface area (Å²) in [5, 5.41) is 13.5. The SMILES string of the molecule is CC(C)(C)c1ccc(NC(=O)CN2C(=O)c3ccc([N+](=O)[O-])cc3C2=O)cc1. The fourth-order valence-corrected chi connectivity index (χ4v) is 2.93. The third-order valence-electron chi connectivity index (χ3n) is 4.50. The van der Waals surface area contributed by atoms with E-state index in [4.69, 9.17) is 0 Å². The van der Waals surface area contributed by atoms with Crippen molar-refractivity contribution >= 4 is 29.1 Å². The summed E-state index contributed by atoms with van der Waals surface area (Å²) < 4.78 is 0. The Hall–Kier alpha value is -3.55. The van der Waals surface area contributed by atoms with Crippen molar-refractivity contribution in [1.29, 1.82) is 0 Å². The molecule has 0 spiro atoms. The molecule has 0 atom stereocenters. The van der Waals surface area contributed by atoms with E-state index in [1.807, 2.05) is 12.1 Å². The van der Waals surface area contributed by atoms with Crippen LogP contribution in [0.2, 0.25) is 0 Å². The highest BCUT2D eigenvalue weighted by Gasteiger charge is 2.37. The van der Waals surface area contributed by atoms with Gasteiger partial charge < -0.3 is 5.32 Å². The maximum atomic E-state index is 12.4. The molecule has 1 N–H and O–H groups in total. The first-order valence-electron chi connectivity index (χ1n) is 8.63. The molecule has 0 aromatic heterocycles. The molecule has 8 nitrogen and oxygen atoms in total. The van der Waals surface area contributed by atoms with E-state index in [0.29, 0.717) is 5.69 Å². The molecule has 3 amide bonds. The van der Waals surface area contributed by atoms with Crippen LogP contribution in [0.4, 0.5) is 11.4 Å². The van der Waals surface area contributed by atoms with Crippen LogP contribution in [0.5, 0.6) is 0 Å². The maximum absolute atomic E-state index is 12.4. The molecule has 8 heteroatoms. The van der Waals surface area contributed by atoms with Gasteiger partial charge in [-0.15, -0.1) is 0 Å². The Bertz CT molecular complexity index is 990. The smallest absolute Gasteiger partial charge is 0.270 e. The number of carbonyl (C=O) groups excluding carboxylic acids is 3. The number of nitro benzene ring substituents is 1. The van der Waals surface area contributed by atoms with Crippen LogP contribution in [0.25, 0.3) is 0 Å². The van der Waals surface area contributed by atoms with Crippen LogP contribution >= 0.6 is 0 Å². The first-order chi connectivity index (χ1) is 13.1. The third-order valence-corrected chi connectivity index (χ3v) is 4.50. The Labute approximate surface area is 161 Å². The number of amides is 3. The lowest BCUT2D eigenvalue weighted by Gasteiger charge is -2.19. The minimum atomic E-state index is -0.720. The van der Waals surface area contributed by atoms with E-state index >= 15 is 0 Å². The molecule has 1 heterocycles. The average Bonchev–Trinajstić information content (AvgIpc) is 2.86. The number of carbonyl (C=O) groups is 3. The summed E-state index contributed by atoms with van der Waals surface area (Å²) in [4.78, 5) is 48.1. The number of benzene rings is 2. The van der Waals surface area contributed by atoms with Gasteiger partial charge in [-0.1, -0.05) is 32.9 Å². The number of non-ortho nitro benzene ring substituents is 1. The second-order valence-corrected chi connectivity index (χ2v) is 7.56. The van der Waals surface area contributed by atoms with Crippen LogP contribution in [0.15, 0.2) is 42.5 Å². The van der Waals surface area contributed by atoms with Crippen molar-refractivity contribution < 1.29 is 19.3 Å². The molecule has 1 aliphatic heterocycles. The van der Waals surface area contributed by atoms with E-state index < -0.39 is 29.2 Å². The summed E-state index contributed by atoms with van der Waals surface area (Å²) in [6.45, 7) is 5.76. The summed E-state index contributed by atoms with van der Waals surface area (Å²) >= 11 is 0. The lowest BCUT2D eigenvalue weighted by Crippen LogP contribution is -2.37. The van der Waals surface area contributed by atoms with E-state index in [9.17, 15) is 24.5 Å². The zero-order valence-corrected chi connectivity index (χ0v) is 15.7. The van der Waals surface area contributed by atoms with Gasteiger partial charge in [-0.25, -0.2) is 0 Å². The van der Waals surface area contributed by atoms with Crippen LogP contribution in [-0.4, -0.2) is 34.1 Å². The van der Waals surface area contributed by atoms with Crippen molar-refractivity contribution in [3.63, 3.8) is 0 Å². The molecule has 0 aliphatic carbocycles. The predicted molar refractivity (Wildman–Crippen MR) is 102 cm³/mol. The molecule has 0 unspecified atom stereocenters. The third kappa shape index (κ3) is 3.62. The molecule has 0 saturated heterocycles. The van der Waals surface area contributed by atoms with Gasteiger partial charge in [0.15, 0.2) is 0 Å². The molecule has 0 radical (unpaired) electrons. The van der Waals surface area contributed by atoms with Gasteiger partial charge in [0.1, 0.15) is 6.54 Å². The Kier molecular flexibility index (Phi) is 4.72. The number of imide groups is 1. The molecular weight excluding hydrogens is 362 g/mol. The number of anilines is 1. The quantitative estimate of drug-likeness (QED) is 0.497. The largest absolute Gasteiger partial charge is 0.325 e. The highest BCUT2D eigenvalue weighted by Crippen LogP contribution is 2.27. The Morgan fingerprint density at radius 2 is 1.64 bits per heavy atom. The van der Waals surface area contributed by atoms with Gasteiger partial charge >= 0.3 is 0 Å². The Balaban J connectivity index is 1.71. The monoisotopic (exact) mass is 381 g/mol. The number of fused-ring (bicyclic) bond motifs is 1. The average molecular weight is 381 g/mol. The number of hydrogen-bond acceptors (Lipinski definition) is 5. The first-order valence-corrected chi connectivity index (χ1v) is 8.63. The summed E-state index contributed by atoms with van der Waals surface area (Å²) in [6, 6.07) is 10.8. The molecule has 2 aromatic carbocycles. The molecule has 0 saturated carbocycles. The molecule has 28 heavy (non-hydrogen) atoms. The first kappa shape index (κ1) is 19.2. The number of rotatable bonds is 4. The highest BCUT2D eigenvalue weighted by molar-refractivity contribution is 6.23. The molecule has 1 aliphatic rings. The minimum absolute atomic E-state index is 0.0225. The molecular formula is C20H19N3O5. The van der Waals surface area contributed by atoms with E-state index in [1.165, 1.54) is 6.07 Å². The molecule has 0 fully saturated rings. The lowest BCUT2D eigenvalue weighted by molar-refractivity contribution is -0.384. The second kappa shape index (κ2) is 6.88. The van der Waals surface area contributed by atoms with Gasteiger partial charge in [0.25, 0.3) is 17.5 Å². The van der Waals surface area contributed by atoms with Gasteiger partial charge in [-0.2, -0.15) is 0 Å². The van der Waals surface area contributed by atoms with Crippen LogP contribution in [0.3, 0.4) is 0 Å². The molecule has 144 valence electrons. The van der Waals surface area contributed by atoms with Gasteiger partial charge in [0, 0.05) is 17.8 Å². The van der Waals surface area contributed by atoms with Gasteiger partial charge in [0.2, 0.25) is 5.91 Å². The van der Waals surface area contributed by atoms with Gasteiger partial charge in [-0.05, 0) is 29.2 Å². The molecule has 3 rings (SSSR count). The van der Waals surface area contributed by atoms with E-state index in [-0.39, 0.29) is 22.2 Å². The normalized spacial score (nSPS) is 13.5. The van der Waals surface area contributed by atoms with Crippen molar-refractivity contribution in [2.75, 3.05) is 11.9 Å². The van der Waals surface area contributed by atoms with Crippen molar-refractivity contribution in [3.8, 4) is 0 Å². The fourth-order valence-electron chi connectivity index (χ4n) is 2.93. The highest BCUT2D eigenvalue weighted by atomic mass is 16.6. The van der Waals surface area contributed by atoms with Gasteiger partial charge in [0.05, 0.1) is 16.1 Å². The van der Waals surface area contributed by atoms with Gasteiger partial charge in [-0.3, -0.25) is 29.4 Å². The van der Waals surface area contributed by atoms with E-state index in [2.05, 4.69) is 26.1 Å². The fraction of sp³-hybridized carbons (Fsp3) is 0.250. The van der Waals surface area contributed by atoms with E-state index in [1.54, 1.807) is 12.1 Å². The number of nitrogens with one attached hydrogen (secondary N) is 1. The van der Waals surface area contributed by atoms with Crippen molar-refractivity contribution in [2.24, 2.45) is 0 Å². The minimum Gasteiger partial charge on any atom is -0.325 e. The summed E-state index contributed by atoms with van der Waals surface area (Å²) in [6.07, 6.45) is 0. The van der Waals surface area contributed by atoms with Crippen LogP contribution in [-0.2, 0) is 10.2 Å². The number of nitro groups is 1. The topological polar surface area (TPSA) is 110 Å². The van der Waals surface area contributed by atoms with E-state index in [0.717, 1.165) is 22.6 Å². The van der Waals surface area contributed by atoms with Crippen molar-refractivity contribution in [3.05, 3.63) is 69.3 Å². The summed E-state index contributed by atoms with van der Waals surface area (Å²) in [7, 11) is 0. The Morgan fingerprint density at radius 3 is 2.21 bits per heavy atom. The zero-order chi connectivity index (χ0) is 20.6. The number of hydrogen-bond donors (Lipinski definition) is 1. The molecule has 2 aromatic rings. The van der Waals surface area contributed by atoms with Crippen LogP contribution in [0, 0.1) is 10.1 Å². The number of nitrogens with zero attached hydrogens (tertiary/aromatic N) is 2. The van der Waals surface area contributed by atoms with Crippen LogP contribution < -0.4 is 5.32 Å².